The summed E-state index contributed by atoms with van der Waals surface area (Å²) in [5, 5.41) is 3.10. The maximum absolute atomic E-state index is 5.75. The summed E-state index contributed by atoms with van der Waals surface area (Å²) in [4.78, 5) is 0. The lowest BCUT2D eigenvalue weighted by molar-refractivity contribution is 0.315. The van der Waals surface area contributed by atoms with E-state index in [1.165, 1.54) is 5.54 Å². The third kappa shape index (κ3) is 3.95. The second-order valence-electron chi connectivity index (χ2n) is 3.72. The number of halogens is 1. The van der Waals surface area contributed by atoms with E-state index in [-0.39, 0.29) is 0 Å². The zero-order valence-electron chi connectivity index (χ0n) is 10.4. The van der Waals surface area contributed by atoms with Crippen molar-refractivity contribution in [2.45, 2.75) is 13.5 Å². The molecule has 17 heavy (non-hydrogen) atoms. The molecular weight excluding hydrogens is 238 g/mol. The highest BCUT2D eigenvalue weighted by atomic mass is 35.5. The molecule has 1 rings (SSSR count). The zero-order chi connectivity index (χ0) is 12.7. The van der Waals surface area contributed by atoms with Gasteiger partial charge < -0.3 is 14.8 Å². The van der Waals surface area contributed by atoms with Gasteiger partial charge in [0.2, 0.25) is 0 Å². The highest BCUT2D eigenvalue weighted by molar-refractivity contribution is 6.25. The third-order valence-corrected chi connectivity index (χ3v) is 2.65. The molecule has 1 N–H and O–H groups in total. The van der Waals surface area contributed by atoms with Gasteiger partial charge in [-0.05, 0) is 25.6 Å². The molecule has 0 saturated carbocycles. The fourth-order valence-electron chi connectivity index (χ4n) is 1.43. The van der Waals surface area contributed by atoms with Crippen molar-refractivity contribution < 1.29 is 9.47 Å². The molecule has 94 valence electrons. The predicted molar refractivity (Wildman–Crippen MR) is 70.9 cm³/mol. The van der Waals surface area contributed by atoms with Crippen molar-refractivity contribution in [2.24, 2.45) is 0 Å². The molecule has 0 bridgehead atoms. The second-order valence-corrected chi connectivity index (χ2v) is 3.94. The van der Waals surface area contributed by atoms with Gasteiger partial charge in [0.1, 0.15) is 6.61 Å². The lowest BCUT2D eigenvalue weighted by atomic mass is 10.2. The number of para-hydroxylation sites is 1. The number of rotatable bonds is 6. The van der Waals surface area contributed by atoms with Gasteiger partial charge >= 0.3 is 0 Å². The van der Waals surface area contributed by atoms with Crippen molar-refractivity contribution >= 4 is 11.6 Å². The molecule has 3 nitrogen and oxygen atoms in total. The smallest absolute Gasteiger partial charge is 0.166 e. The fourth-order valence-corrected chi connectivity index (χ4v) is 1.50. The summed E-state index contributed by atoms with van der Waals surface area (Å²) >= 11 is 5.61. The Bertz CT molecular complexity index is 391. The van der Waals surface area contributed by atoms with E-state index >= 15 is 0 Å². The van der Waals surface area contributed by atoms with Crippen molar-refractivity contribution in [3.63, 3.8) is 0 Å². The average Bonchev–Trinajstić information content (AvgIpc) is 2.36. The van der Waals surface area contributed by atoms with Crippen molar-refractivity contribution in [1.82, 2.24) is 5.32 Å². The van der Waals surface area contributed by atoms with Crippen LogP contribution in [0, 0.1) is 0 Å². The van der Waals surface area contributed by atoms with Crippen LogP contribution in [0.25, 0.3) is 0 Å². The van der Waals surface area contributed by atoms with Gasteiger partial charge in [-0.1, -0.05) is 23.7 Å². The minimum atomic E-state index is 0.459. The van der Waals surface area contributed by atoms with Gasteiger partial charge in [0, 0.05) is 17.6 Å². The normalized spacial score (nSPS) is 11.4. The Labute approximate surface area is 107 Å². The van der Waals surface area contributed by atoms with Crippen LogP contribution >= 0.6 is 11.6 Å². The minimum Gasteiger partial charge on any atom is -0.493 e. The van der Waals surface area contributed by atoms with E-state index in [0.29, 0.717) is 6.61 Å². The quantitative estimate of drug-likeness (QED) is 0.848. The molecule has 4 heteroatoms. The summed E-state index contributed by atoms with van der Waals surface area (Å²) in [6.07, 6.45) is 0. The minimum absolute atomic E-state index is 0.459. The van der Waals surface area contributed by atoms with E-state index in [0.717, 1.165) is 29.2 Å². The zero-order valence-corrected chi connectivity index (χ0v) is 11.2. The van der Waals surface area contributed by atoms with Gasteiger partial charge in [-0.2, -0.15) is 0 Å². The average molecular weight is 256 g/mol. The van der Waals surface area contributed by atoms with Gasteiger partial charge in [0.25, 0.3) is 0 Å². The third-order valence-electron chi connectivity index (χ3n) is 2.28. The number of nitrogens with one attached hydrogen (secondary N) is 1. The van der Waals surface area contributed by atoms with Crippen molar-refractivity contribution in [3.8, 4) is 11.5 Å². The molecule has 0 aliphatic carbocycles. The highest BCUT2D eigenvalue weighted by Gasteiger charge is 2.09. The standard InChI is InChI=1S/C13H18ClNO2/c1-10(7-14)9-17-13-11(8-15-2)5-4-6-12(13)16-3/h4-7,15H,8-9H2,1-3H3/b10-7+. The summed E-state index contributed by atoms with van der Waals surface area (Å²) in [5.74, 6) is 1.50. The lowest BCUT2D eigenvalue weighted by Crippen LogP contribution is -2.09. The van der Waals surface area contributed by atoms with E-state index in [1.54, 1.807) is 7.11 Å². The highest BCUT2D eigenvalue weighted by Crippen LogP contribution is 2.31. The van der Waals surface area contributed by atoms with Crippen LogP contribution < -0.4 is 14.8 Å². The van der Waals surface area contributed by atoms with E-state index in [4.69, 9.17) is 21.1 Å². The van der Waals surface area contributed by atoms with Crippen molar-refractivity contribution in [1.29, 1.82) is 0 Å². The summed E-state index contributed by atoms with van der Waals surface area (Å²) in [5.41, 5.74) is 3.55. The molecule has 0 aliphatic heterocycles. The van der Waals surface area contributed by atoms with Gasteiger partial charge in [-0.3, -0.25) is 0 Å². The number of hydrogen-bond acceptors (Lipinski definition) is 3. The molecule has 0 spiro atoms. The topological polar surface area (TPSA) is 30.5 Å². The SMILES string of the molecule is CNCc1cccc(OC)c1OC/C(C)=C/Cl. The number of methoxy groups -OCH3 is 1. The fraction of sp³-hybridized carbons (Fsp3) is 0.385. The second kappa shape index (κ2) is 7.20. The van der Waals surface area contributed by atoms with E-state index in [2.05, 4.69) is 5.32 Å². The first-order valence-corrected chi connectivity index (χ1v) is 5.85. The summed E-state index contributed by atoms with van der Waals surface area (Å²) < 4.78 is 11.0. The number of benzene rings is 1. The van der Waals surface area contributed by atoms with Crippen LogP contribution in [-0.4, -0.2) is 20.8 Å². The van der Waals surface area contributed by atoms with Crippen LogP contribution in [0.3, 0.4) is 0 Å². The molecule has 0 unspecified atom stereocenters. The molecule has 0 amide bonds. The Morgan fingerprint density at radius 1 is 1.47 bits per heavy atom. The van der Waals surface area contributed by atoms with Crippen LogP contribution in [0.2, 0.25) is 0 Å². The maximum Gasteiger partial charge on any atom is 0.166 e. The molecule has 0 aliphatic rings. The van der Waals surface area contributed by atoms with Crippen LogP contribution in [-0.2, 0) is 6.54 Å². The molecule has 1 aromatic rings. The summed E-state index contributed by atoms with van der Waals surface area (Å²) in [6.45, 7) is 3.11. The summed E-state index contributed by atoms with van der Waals surface area (Å²) in [7, 11) is 3.53. The van der Waals surface area contributed by atoms with Gasteiger partial charge in [-0.25, -0.2) is 0 Å². The molecule has 0 radical (unpaired) electrons. The molecule has 0 aromatic heterocycles. The molecule has 0 saturated heterocycles. The molecule has 0 heterocycles. The molecule has 0 fully saturated rings. The van der Waals surface area contributed by atoms with E-state index in [1.807, 2.05) is 32.2 Å². The number of hydrogen-bond donors (Lipinski definition) is 1. The van der Waals surface area contributed by atoms with E-state index in [9.17, 15) is 0 Å². The Morgan fingerprint density at radius 3 is 2.82 bits per heavy atom. The molecule has 1 aromatic carbocycles. The van der Waals surface area contributed by atoms with Crippen molar-refractivity contribution in [2.75, 3.05) is 20.8 Å². The van der Waals surface area contributed by atoms with Crippen LogP contribution in [0.1, 0.15) is 12.5 Å². The van der Waals surface area contributed by atoms with Gasteiger partial charge in [0.05, 0.1) is 7.11 Å². The number of ether oxygens (including phenoxy) is 2. The molecule has 0 atom stereocenters. The van der Waals surface area contributed by atoms with Crippen LogP contribution in [0.4, 0.5) is 0 Å². The monoisotopic (exact) mass is 255 g/mol. The van der Waals surface area contributed by atoms with Gasteiger partial charge in [-0.15, -0.1) is 0 Å². The van der Waals surface area contributed by atoms with Gasteiger partial charge in [0.15, 0.2) is 11.5 Å². The predicted octanol–water partition coefficient (Wildman–Crippen LogP) is 2.94. The van der Waals surface area contributed by atoms with Crippen LogP contribution in [0.15, 0.2) is 29.3 Å². The Kier molecular flexibility index (Phi) is 5.87. The largest absolute Gasteiger partial charge is 0.493 e. The Hall–Kier alpha value is -1.19. The summed E-state index contributed by atoms with van der Waals surface area (Å²) in [6, 6.07) is 5.84. The lowest BCUT2D eigenvalue weighted by Gasteiger charge is -2.14. The first-order chi connectivity index (χ1) is 8.22. The van der Waals surface area contributed by atoms with E-state index < -0.39 is 0 Å². The molecular formula is C13H18ClNO2. The Morgan fingerprint density at radius 2 is 2.24 bits per heavy atom. The van der Waals surface area contributed by atoms with Crippen molar-refractivity contribution in [3.05, 3.63) is 34.9 Å². The maximum atomic E-state index is 5.75. The Balaban J connectivity index is 2.92. The first kappa shape index (κ1) is 13.9. The first-order valence-electron chi connectivity index (χ1n) is 5.42. The van der Waals surface area contributed by atoms with Crippen LogP contribution in [0.5, 0.6) is 11.5 Å².